The van der Waals surface area contributed by atoms with E-state index in [1.165, 1.54) is 12.1 Å². The lowest BCUT2D eigenvalue weighted by molar-refractivity contribution is -0.383. The van der Waals surface area contributed by atoms with Crippen LogP contribution < -0.4 is 5.32 Å². The maximum absolute atomic E-state index is 11.0. The standard InChI is InChI=1S/C14H12N2O4/c1-9-2-5-11(6-3-9)15-12-7-4-10(14(17)18)8-13(12)16(19)20/h2-8,15H,1H3,(H,17,18). The molecule has 2 N–H and O–H groups in total. The molecule has 0 heterocycles. The molecule has 2 aromatic carbocycles. The molecule has 0 unspecified atom stereocenters. The lowest BCUT2D eigenvalue weighted by Crippen LogP contribution is -2.01. The number of carboxylic acid groups (broad SMARTS) is 1. The van der Waals surface area contributed by atoms with Gasteiger partial charge in [0.15, 0.2) is 0 Å². The summed E-state index contributed by atoms with van der Waals surface area (Å²) in [4.78, 5) is 21.2. The minimum atomic E-state index is -1.20. The van der Waals surface area contributed by atoms with E-state index >= 15 is 0 Å². The average molecular weight is 272 g/mol. The highest BCUT2D eigenvalue weighted by atomic mass is 16.6. The molecule has 6 nitrogen and oxygen atoms in total. The third-order valence-corrected chi connectivity index (χ3v) is 2.77. The third kappa shape index (κ3) is 2.92. The molecule has 0 aliphatic heterocycles. The van der Waals surface area contributed by atoms with E-state index in [-0.39, 0.29) is 16.9 Å². The summed E-state index contributed by atoms with van der Waals surface area (Å²) in [6.45, 7) is 1.94. The summed E-state index contributed by atoms with van der Waals surface area (Å²) in [5, 5.41) is 22.8. The van der Waals surface area contributed by atoms with E-state index in [2.05, 4.69) is 5.32 Å². The summed E-state index contributed by atoms with van der Waals surface area (Å²) in [6.07, 6.45) is 0. The van der Waals surface area contributed by atoms with Crippen molar-refractivity contribution in [2.75, 3.05) is 5.32 Å². The Morgan fingerprint density at radius 2 is 1.85 bits per heavy atom. The summed E-state index contributed by atoms with van der Waals surface area (Å²) >= 11 is 0. The Morgan fingerprint density at radius 1 is 1.20 bits per heavy atom. The fourth-order valence-corrected chi connectivity index (χ4v) is 1.71. The fraction of sp³-hybridized carbons (Fsp3) is 0.0714. The van der Waals surface area contributed by atoms with Crippen molar-refractivity contribution in [1.82, 2.24) is 0 Å². The Morgan fingerprint density at radius 3 is 2.40 bits per heavy atom. The van der Waals surface area contributed by atoms with Crippen LogP contribution in [0.5, 0.6) is 0 Å². The van der Waals surface area contributed by atoms with Crippen LogP contribution >= 0.6 is 0 Å². The van der Waals surface area contributed by atoms with Gasteiger partial charge in [0.1, 0.15) is 5.69 Å². The third-order valence-electron chi connectivity index (χ3n) is 2.77. The Hall–Kier alpha value is -2.89. The van der Waals surface area contributed by atoms with Gasteiger partial charge < -0.3 is 10.4 Å². The van der Waals surface area contributed by atoms with E-state index in [0.29, 0.717) is 5.69 Å². The molecule has 2 rings (SSSR count). The van der Waals surface area contributed by atoms with Crippen LogP contribution in [0.1, 0.15) is 15.9 Å². The van der Waals surface area contributed by atoms with Crippen LogP contribution in [0, 0.1) is 17.0 Å². The number of anilines is 2. The molecule has 0 radical (unpaired) electrons. The second kappa shape index (κ2) is 5.40. The molecule has 0 spiro atoms. The number of hydrogen-bond acceptors (Lipinski definition) is 4. The number of nitrogens with one attached hydrogen (secondary N) is 1. The number of rotatable bonds is 4. The number of carbonyl (C=O) groups is 1. The number of nitro groups is 1. The first-order chi connectivity index (χ1) is 9.47. The summed E-state index contributed by atoms with van der Waals surface area (Å²) in [5.74, 6) is -1.20. The summed E-state index contributed by atoms with van der Waals surface area (Å²) in [5.41, 5.74) is 1.63. The number of aromatic carboxylic acids is 1. The first-order valence-corrected chi connectivity index (χ1v) is 5.83. The average Bonchev–Trinajstić information content (AvgIpc) is 2.41. The minimum absolute atomic E-state index is 0.119. The van der Waals surface area contributed by atoms with Crippen LogP contribution in [-0.4, -0.2) is 16.0 Å². The number of nitro benzene ring substituents is 1. The van der Waals surface area contributed by atoms with Crippen molar-refractivity contribution in [2.24, 2.45) is 0 Å². The van der Waals surface area contributed by atoms with Crippen molar-refractivity contribution in [3.8, 4) is 0 Å². The quantitative estimate of drug-likeness (QED) is 0.657. The minimum Gasteiger partial charge on any atom is -0.478 e. The molecule has 0 saturated carbocycles. The topological polar surface area (TPSA) is 92.5 Å². The van der Waals surface area contributed by atoms with Crippen molar-refractivity contribution in [3.05, 3.63) is 63.7 Å². The van der Waals surface area contributed by atoms with Gasteiger partial charge in [0.25, 0.3) is 5.69 Å². The van der Waals surface area contributed by atoms with Gasteiger partial charge in [-0.25, -0.2) is 4.79 Å². The van der Waals surface area contributed by atoms with Gasteiger partial charge in [0.2, 0.25) is 0 Å². The zero-order chi connectivity index (χ0) is 14.7. The van der Waals surface area contributed by atoms with Crippen LogP contribution in [0.2, 0.25) is 0 Å². The van der Waals surface area contributed by atoms with Crippen LogP contribution in [0.25, 0.3) is 0 Å². The van der Waals surface area contributed by atoms with Crippen molar-refractivity contribution < 1.29 is 14.8 Å². The van der Waals surface area contributed by atoms with Crippen LogP contribution in [0.3, 0.4) is 0 Å². The molecule has 0 amide bonds. The van der Waals surface area contributed by atoms with Crippen molar-refractivity contribution in [1.29, 1.82) is 0 Å². The summed E-state index contributed by atoms with van der Waals surface area (Å²) in [7, 11) is 0. The van der Waals surface area contributed by atoms with Crippen LogP contribution in [0.4, 0.5) is 17.1 Å². The van der Waals surface area contributed by atoms with E-state index in [1.54, 1.807) is 12.1 Å². The molecule has 0 aliphatic rings. The predicted octanol–water partition coefficient (Wildman–Crippen LogP) is 3.35. The van der Waals surface area contributed by atoms with Crippen molar-refractivity contribution in [2.45, 2.75) is 6.92 Å². The van der Waals surface area contributed by atoms with Gasteiger partial charge in [0.05, 0.1) is 10.5 Å². The zero-order valence-corrected chi connectivity index (χ0v) is 10.7. The SMILES string of the molecule is Cc1ccc(Nc2ccc(C(=O)O)cc2[N+](=O)[O-])cc1. The normalized spacial score (nSPS) is 10.1. The van der Waals surface area contributed by atoms with E-state index in [9.17, 15) is 14.9 Å². The Bertz CT molecular complexity index is 665. The Labute approximate surface area is 114 Å². The molecular formula is C14H12N2O4. The lowest BCUT2D eigenvalue weighted by atomic mass is 10.1. The lowest BCUT2D eigenvalue weighted by Gasteiger charge is -2.08. The van der Waals surface area contributed by atoms with Crippen LogP contribution in [-0.2, 0) is 0 Å². The molecule has 2 aromatic rings. The largest absolute Gasteiger partial charge is 0.478 e. The first kappa shape index (κ1) is 13.5. The highest BCUT2D eigenvalue weighted by Crippen LogP contribution is 2.28. The highest BCUT2D eigenvalue weighted by Gasteiger charge is 2.17. The number of benzene rings is 2. The van der Waals surface area contributed by atoms with E-state index < -0.39 is 10.9 Å². The van der Waals surface area contributed by atoms with Gasteiger partial charge >= 0.3 is 5.97 Å². The molecule has 102 valence electrons. The number of aryl methyl sites for hydroxylation is 1. The predicted molar refractivity (Wildman–Crippen MR) is 74.5 cm³/mol. The molecule has 6 heteroatoms. The Kier molecular flexibility index (Phi) is 3.65. The van der Waals surface area contributed by atoms with Crippen molar-refractivity contribution in [3.63, 3.8) is 0 Å². The molecular weight excluding hydrogens is 260 g/mol. The van der Waals surface area contributed by atoms with Gasteiger partial charge in [-0.3, -0.25) is 10.1 Å². The maximum Gasteiger partial charge on any atom is 0.335 e. The molecule has 0 saturated heterocycles. The second-order valence-electron chi connectivity index (χ2n) is 4.29. The van der Waals surface area contributed by atoms with E-state index in [1.807, 2.05) is 19.1 Å². The summed E-state index contributed by atoms with van der Waals surface area (Å²) < 4.78 is 0. The number of hydrogen-bond donors (Lipinski definition) is 2. The van der Waals surface area contributed by atoms with Crippen LogP contribution in [0.15, 0.2) is 42.5 Å². The monoisotopic (exact) mass is 272 g/mol. The van der Waals surface area contributed by atoms with E-state index in [0.717, 1.165) is 11.6 Å². The molecule has 0 aliphatic carbocycles. The van der Waals surface area contributed by atoms with Gasteiger partial charge in [-0.1, -0.05) is 17.7 Å². The number of nitrogens with zero attached hydrogens (tertiary/aromatic N) is 1. The molecule has 20 heavy (non-hydrogen) atoms. The van der Waals surface area contributed by atoms with E-state index in [4.69, 9.17) is 5.11 Å². The molecule has 0 aromatic heterocycles. The molecule has 0 bridgehead atoms. The van der Waals surface area contributed by atoms with Gasteiger partial charge in [-0.15, -0.1) is 0 Å². The molecule has 0 atom stereocenters. The zero-order valence-electron chi connectivity index (χ0n) is 10.7. The first-order valence-electron chi connectivity index (χ1n) is 5.83. The molecule has 0 fully saturated rings. The van der Waals surface area contributed by atoms with Gasteiger partial charge in [-0.05, 0) is 31.2 Å². The number of carboxylic acids is 1. The Balaban J connectivity index is 2.38. The van der Waals surface area contributed by atoms with Crippen molar-refractivity contribution >= 4 is 23.0 Å². The van der Waals surface area contributed by atoms with Gasteiger partial charge in [0, 0.05) is 11.8 Å². The highest BCUT2D eigenvalue weighted by molar-refractivity contribution is 5.90. The fourth-order valence-electron chi connectivity index (χ4n) is 1.71. The smallest absolute Gasteiger partial charge is 0.335 e. The second-order valence-corrected chi connectivity index (χ2v) is 4.29. The summed E-state index contributed by atoms with van der Waals surface area (Å²) in [6, 6.07) is 11.1. The van der Waals surface area contributed by atoms with Gasteiger partial charge in [-0.2, -0.15) is 0 Å². The maximum atomic E-state index is 11.0.